The number of nitro benzene ring substituents is 1. The van der Waals surface area contributed by atoms with Crippen LogP contribution in [0.15, 0.2) is 60.8 Å². The van der Waals surface area contributed by atoms with Crippen molar-refractivity contribution in [1.82, 2.24) is 19.6 Å². The molecule has 0 radical (unpaired) electrons. The van der Waals surface area contributed by atoms with E-state index in [-0.39, 0.29) is 11.6 Å². The molecule has 2 aromatic carbocycles. The second-order valence-electron chi connectivity index (χ2n) is 7.69. The summed E-state index contributed by atoms with van der Waals surface area (Å²) < 4.78 is 6.77. The van der Waals surface area contributed by atoms with Gasteiger partial charge in [0, 0.05) is 51.1 Å². The van der Waals surface area contributed by atoms with Gasteiger partial charge in [-0.3, -0.25) is 19.8 Å². The minimum absolute atomic E-state index is 0.0148. The molecule has 0 saturated carbocycles. The van der Waals surface area contributed by atoms with Gasteiger partial charge in [-0.2, -0.15) is 5.10 Å². The molecule has 3 aromatic rings. The zero-order chi connectivity index (χ0) is 22.5. The van der Waals surface area contributed by atoms with Crippen LogP contribution in [0.3, 0.4) is 0 Å². The van der Waals surface area contributed by atoms with Crippen molar-refractivity contribution < 1.29 is 14.5 Å². The number of rotatable bonds is 6. The van der Waals surface area contributed by atoms with E-state index in [0.717, 1.165) is 31.8 Å². The Bertz CT molecular complexity index is 1080. The van der Waals surface area contributed by atoms with Crippen molar-refractivity contribution in [3.05, 3.63) is 82.2 Å². The van der Waals surface area contributed by atoms with Crippen molar-refractivity contribution in [1.29, 1.82) is 0 Å². The Kier molecular flexibility index (Phi) is 6.46. The molecule has 32 heavy (non-hydrogen) atoms. The Morgan fingerprint density at radius 1 is 1.03 bits per heavy atom. The van der Waals surface area contributed by atoms with Crippen LogP contribution in [0, 0.1) is 10.1 Å². The summed E-state index contributed by atoms with van der Waals surface area (Å²) in [5.74, 6) is 0.742. The monoisotopic (exact) mass is 435 g/mol. The van der Waals surface area contributed by atoms with Crippen molar-refractivity contribution in [2.45, 2.75) is 13.0 Å². The van der Waals surface area contributed by atoms with Gasteiger partial charge in [0.15, 0.2) is 5.69 Å². The summed E-state index contributed by atoms with van der Waals surface area (Å²) in [6, 6.07) is 15.8. The van der Waals surface area contributed by atoms with Crippen LogP contribution in [-0.4, -0.2) is 63.7 Å². The highest BCUT2D eigenvalue weighted by atomic mass is 16.6. The molecule has 1 aliphatic heterocycles. The lowest BCUT2D eigenvalue weighted by molar-refractivity contribution is -0.384. The van der Waals surface area contributed by atoms with Gasteiger partial charge in [0.2, 0.25) is 0 Å². The van der Waals surface area contributed by atoms with Gasteiger partial charge in [-0.25, -0.2) is 4.68 Å². The molecule has 0 spiro atoms. The van der Waals surface area contributed by atoms with Crippen LogP contribution >= 0.6 is 0 Å². The number of ether oxygens (including phenoxy) is 1. The van der Waals surface area contributed by atoms with E-state index in [0.29, 0.717) is 24.5 Å². The normalized spacial score (nSPS) is 14.7. The first-order valence-electron chi connectivity index (χ1n) is 10.5. The van der Waals surface area contributed by atoms with Crippen LogP contribution in [-0.2, 0) is 6.54 Å². The number of methoxy groups -OCH3 is 1. The SMILES string of the molecule is COc1ccc(CN2CCCN(C(=O)c3ccn(-c4ccc([N+](=O)[O-])cc4)n3)CC2)cc1. The number of benzene rings is 2. The molecular weight excluding hydrogens is 410 g/mol. The van der Waals surface area contributed by atoms with Crippen LogP contribution in [0.5, 0.6) is 5.75 Å². The summed E-state index contributed by atoms with van der Waals surface area (Å²) in [6.45, 7) is 3.87. The third kappa shape index (κ3) is 4.94. The number of nitrogens with zero attached hydrogens (tertiary/aromatic N) is 5. The second-order valence-corrected chi connectivity index (χ2v) is 7.69. The van der Waals surface area contributed by atoms with Crippen molar-refractivity contribution in [3.63, 3.8) is 0 Å². The molecule has 2 heterocycles. The number of hydrogen-bond acceptors (Lipinski definition) is 6. The standard InChI is InChI=1S/C23H25N5O4/c1-32-21-9-3-18(4-10-21)17-25-12-2-13-26(16-15-25)23(29)22-11-14-27(24-22)19-5-7-20(8-6-19)28(30)31/h3-11,14H,2,12-13,15-17H2,1H3. The summed E-state index contributed by atoms with van der Waals surface area (Å²) in [4.78, 5) is 27.6. The van der Waals surface area contributed by atoms with Gasteiger partial charge in [0.05, 0.1) is 17.7 Å². The maximum absolute atomic E-state index is 13.0. The predicted molar refractivity (Wildman–Crippen MR) is 119 cm³/mol. The fourth-order valence-electron chi connectivity index (χ4n) is 3.79. The van der Waals surface area contributed by atoms with Gasteiger partial charge in [-0.15, -0.1) is 0 Å². The van der Waals surface area contributed by atoms with Gasteiger partial charge in [0.1, 0.15) is 5.75 Å². The molecule has 1 aliphatic rings. The number of aromatic nitrogens is 2. The van der Waals surface area contributed by atoms with Gasteiger partial charge < -0.3 is 9.64 Å². The molecular formula is C23H25N5O4. The fraction of sp³-hybridized carbons (Fsp3) is 0.304. The average Bonchev–Trinajstić information content (AvgIpc) is 3.20. The highest BCUT2D eigenvalue weighted by molar-refractivity contribution is 5.92. The number of carbonyl (C=O) groups excluding carboxylic acids is 1. The van der Waals surface area contributed by atoms with E-state index in [1.54, 1.807) is 36.2 Å². The molecule has 1 fully saturated rings. The fourth-order valence-corrected chi connectivity index (χ4v) is 3.79. The minimum atomic E-state index is -0.445. The van der Waals surface area contributed by atoms with E-state index in [1.165, 1.54) is 17.7 Å². The Balaban J connectivity index is 1.37. The first-order chi connectivity index (χ1) is 15.5. The van der Waals surface area contributed by atoms with E-state index in [4.69, 9.17) is 4.74 Å². The van der Waals surface area contributed by atoms with Crippen LogP contribution in [0.1, 0.15) is 22.5 Å². The lowest BCUT2D eigenvalue weighted by Gasteiger charge is -2.21. The van der Waals surface area contributed by atoms with E-state index >= 15 is 0 Å². The van der Waals surface area contributed by atoms with E-state index in [2.05, 4.69) is 22.1 Å². The van der Waals surface area contributed by atoms with Crippen LogP contribution < -0.4 is 4.74 Å². The number of nitro groups is 1. The number of carbonyl (C=O) groups is 1. The largest absolute Gasteiger partial charge is 0.497 e. The third-order valence-electron chi connectivity index (χ3n) is 5.57. The third-order valence-corrected chi connectivity index (χ3v) is 5.57. The zero-order valence-corrected chi connectivity index (χ0v) is 17.9. The Hall–Kier alpha value is -3.72. The highest BCUT2D eigenvalue weighted by Gasteiger charge is 2.22. The molecule has 0 aliphatic carbocycles. The van der Waals surface area contributed by atoms with Crippen LogP contribution in [0.4, 0.5) is 5.69 Å². The Morgan fingerprint density at radius 3 is 2.47 bits per heavy atom. The lowest BCUT2D eigenvalue weighted by atomic mass is 10.2. The molecule has 166 valence electrons. The molecule has 1 saturated heterocycles. The molecule has 1 amide bonds. The summed E-state index contributed by atoms with van der Waals surface area (Å²) >= 11 is 0. The lowest BCUT2D eigenvalue weighted by Crippen LogP contribution is -2.35. The van der Waals surface area contributed by atoms with Crippen molar-refractivity contribution in [3.8, 4) is 11.4 Å². The average molecular weight is 435 g/mol. The highest BCUT2D eigenvalue weighted by Crippen LogP contribution is 2.17. The van der Waals surface area contributed by atoms with Gasteiger partial charge in [-0.1, -0.05) is 12.1 Å². The van der Waals surface area contributed by atoms with Crippen molar-refractivity contribution in [2.24, 2.45) is 0 Å². The van der Waals surface area contributed by atoms with E-state index in [1.807, 2.05) is 17.0 Å². The Labute approximate surface area is 186 Å². The van der Waals surface area contributed by atoms with Crippen LogP contribution in [0.25, 0.3) is 5.69 Å². The number of hydrogen-bond donors (Lipinski definition) is 0. The minimum Gasteiger partial charge on any atom is -0.497 e. The summed E-state index contributed by atoms with van der Waals surface area (Å²) in [7, 11) is 1.66. The second kappa shape index (κ2) is 9.61. The smallest absolute Gasteiger partial charge is 0.274 e. The van der Waals surface area contributed by atoms with Gasteiger partial charge >= 0.3 is 0 Å². The van der Waals surface area contributed by atoms with Crippen LogP contribution in [0.2, 0.25) is 0 Å². The van der Waals surface area contributed by atoms with E-state index < -0.39 is 4.92 Å². The van der Waals surface area contributed by atoms with Gasteiger partial charge in [0.25, 0.3) is 11.6 Å². The number of non-ortho nitro benzene ring substituents is 1. The zero-order valence-electron chi connectivity index (χ0n) is 17.9. The molecule has 0 atom stereocenters. The quantitative estimate of drug-likeness (QED) is 0.436. The first-order valence-corrected chi connectivity index (χ1v) is 10.5. The molecule has 9 heteroatoms. The molecule has 4 rings (SSSR count). The molecule has 0 N–H and O–H groups in total. The maximum atomic E-state index is 13.0. The Morgan fingerprint density at radius 2 is 1.78 bits per heavy atom. The van der Waals surface area contributed by atoms with Crippen molar-refractivity contribution in [2.75, 3.05) is 33.3 Å². The maximum Gasteiger partial charge on any atom is 0.274 e. The van der Waals surface area contributed by atoms with Gasteiger partial charge in [-0.05, 0) is 42.3 Å². The summed E-state index contributed by atoms with van der Waals surface area (Å²) in [5.41, 5.74) is 2.26. The van der Waals surface area contributed by atoms with Crippen molar-refractivity contribution >= 4 is 11.6 Å². The topological polar surface area (TPSA) is 93.7 Å². The summed E-state index contributed by atoms with van der Waals surface area (Å²) in [6.07, 6.45) is 2.59. The predicted octanol–water partition coefficient (Wildman–Crippen LogP) is 3.14. The molecule has 0 unspecified atom stereocenters. The molecule has 1 aromatic heterocycles. The molecule has 0 bridgehead atoms. The number of amides is 1. The summed E-state index contributed by atoms with van der Waals surface area (Å²) in [5, 5.41) is 15.2. The first kappa shape index (κ1) is 21.5. The van der Waals surface area contributed by atoms with E-state index in [9.17, 15) is 14.9 Å². The molecule has 9 nitrogen and oxygen atoms in total.